The molecule has 0 saturated carbocycles. The van der Waals surface area contributed by atoms with Crippen molar-refractivity contribution in [3.8, 4) is 39.1 Å². The molecule has 3 aliphatic rings. The summed E-state index contributed by atoms with van der Waals surface area (Å²) >= 11 is 0. The lowest BCUT2D eigenvalue weighted by Gasteiger charge is -2.31. The topological polar surface area (TPSA) is 4.93 Å². The number of hydrogen-bond donors (Lipinski definition) is 0. The number of fused-ring (bicyclic) bond motifs is 12. The monoisotopic (exact) mass is 843 g/mol. The second-order valence-electron chi connectivity index (χ2n) is 17.9. The predicted octanol–water partition coefficient (Wildman–Crippen LogP) is 9.07. The van der Waals surface area contributed by atoms with Crippen LogP contribution in [0.1, 0.15) is 11.1 Å². The van der Waals surface area contributed by atoms with Crippen molar-refractivity contribution >= 4 is 79.4 Å². The number of aromatic nitrogens is 1. The van der Waals surface area contributed by atoms with Crippen molar-refractivity contribution in [2.24, 2.45) is 0 Å². The molecule has 0 radical (unpaired) electrons. The number of benzene rings is 10. The number of nitrogens with zero attached hydrogens (tertiary/aromatic N) is 1. The molecule has 0 spiro atoms. The second-order valence-corrected chi connectivity index (χ2v) is 25.4. The van der Waals surface area contributed by atoms with Gasteiger partial charge in [0.2, 0.25) is 0 Å². The van der Waals surface area contributed by atoms with Gasteiger partial charge in [0.15, 0.2) is 16.1 Å². The average molecular weight is 844 g/mol. The summed E-state index contributed by atoms with van der Waals surface area (Å²) in [6.45, 7) is 0. The van der Waals surface area contributed by atoms with Crippen molar-refractivity contribution < 1.29 is 0 Å². The summed E-state index contributed by atoms with van der Waals surface area (Å²) in [4.78, 5) is 0. The maximum Gasteiger partial charge on any atom is 0.180 e. The van der Waals surface area contributed by atoms with Gasteiger partial charge < -0.3 is 4.57 Å². The largest absolute Gasteiger partial charge is 0.309 e. The van der Waals surface area contributed by atoms with E-state index in [0.29, 0.717) is 0 Å². The van der Waals surface area contributed by atoms with Gasteiger partial charge in [-0.15, -0.1) is 0 Å². The van der Waals surface area contributed by atoms with Crippen LogP contribution in [0.15, 0.2) is 237 Å². The first-order valence-corrected chi connectivity index (χ1v) is 26.6. The molecular weight excluding hydrogens is 803 g/mol. The van der Waals surface area contributed by atoms with Gasteiger partial charge in [0.05, 0.1) is 11.0 Å². The van der Waals surface area contributed by atoms with Crippen molar-refractivity contribution in [3.63, 3.8) is 0 Å². The Kier molecular flexibility index (Phi) is 7.57. The molecule has 10 aromatic carbocycles. The fourth-order valence-corrected chi connectivity index (χ4v) is 22.8. The van der Waals surface area contributed by atoms with Crippen LogP contribution in [0.25, 0.3) is 60.9 Å². The molecule has 64 heavy (non-hydrogen) atoms. The zero-order valence-electron chi connectivity index (χ0n) is 35.2. The van der Waals surface area contributed by atoms with E-state index in [1.807, 2.05) is 0 Å². The Balaban J connectivity index is 1.04. The fraction of sp³-hybridized carbons (Fsp3) is 0.0164. The Morgan fingerprint density at radius 2 is 0.703 bits per heavy atom. The highest BCUT2D eigenvalue weighted by molar-refractivity contribution is 7.23. The fourth-order valence-electron chi connectivity index (χ4n) is 12.4. The molecule has 0 N–H and O–H groups in total. The number of hydrogen-bond acceptors (Lipinski definition) is 0. The molecule has 0 bridgehead atoms. The Hall–Kier alpha value is -7.57. The Labute approximate surface area is 375 Å². The van der Waals surface area contributed by atoms with Gasteiger partial charge in [0.1, 0.15) is 0 Å². The predicted molar refractivity (Wildman–Crippen MR) is 274 cm³/mol. The van der Waals surface area contributed by atoms with E-state index in [4.69, 9.17) is 0 Å². The molecule has 0 fully saturated rings. The van der Waals surface area contributed by atoms with Crippen LogP contribution in [0.5, 0.6) is 0 Å². The first-order chi connectivity index (χ1) is 31.7. The van der Waals surface area contributed by atoms with Crippen LogP contribution in [0, 0.1) is 0 Å². The third kappa shape index (κ3) is 4.67. The van der Waals surface area contributed by atoms with Crippen molar-refractivity contribution in [3.05, 3.63) is 248 Å². The van der Waals surface area contributed by atoms with E-state index in [9.17, 15) is 0 Å². The molecule has 0 amide bonds. The minimum atomic E-state index is -2.70. The molecule has 298 valence electrons. The van der Waals surface area contributed by atoms with Crippen molar-refractivity contribution in [1.29, 1.82) is 0 Å². The lowest BCUT2D eigenvalue weighted by atomic mass is 10.0. The van der Waals surface area contributed by atoms with Gasteiger partial charge >= 0.3 is 0 Å². The van der Waals surface area contributed by atoms with Gasteiger partial charge in [-0.1, -0.05) is 206 Å². The lowest BCUT2D eigenvalue weighted by molar-refractivity contribution is 1.17. The van der Waals surface area contributed by atoms with Gasteiger partial charge in [-0.2, -0.15) is 0 Å². The highest BCUT2D eigenvalue weighted by Crippen LogP contribution is 2.43. The van der Waals surface area contributed by atoms with Crippen LogP contribution in [0.3, 0.4) is 0 Å². The smallest absolute Gasteiger partial charge is 0.180 e. The molecular formula is C61H41NSi2. The van der Waals surface area contributed by atoms with E-state index >= 15 is 0 Å². The summed E-state index contributed by atoms with van der Waals surface area (Å²) in [5.41, 5.74) is 14.8. The number of para-hydroxylation sites is 1. The molecule has 2 aliphatic heterocycles. The first kappa shape index (κ1) is 36.0. The molecule has 1 aromatic heterocycles. The molecule has 11 aromatic rings. The maximum absolute atomic E-state index is 2.70. The van der Waals surface area contributed by atoms with E-state index in [0.717, 1.165) is 6.42 Å². The molecule has 3 heteroatoms. The second kappa shape index (κ2) is 13.5. The highest BCUT2D eigenvalue weighted by atomic mass is 28.3. The van der Waals surface area contributed by atoms with Crippen LogP contribution < -0.4 is 41.5 Å². The average Bonchev–Trinajstić information content (AvgIpc) is 4.08. The standard InChI is InChI=1S/C61H41NSi2/c1-4-18-43(19-5-1)62-56-35-34-47(64(45-22-8-3-9-23-45)60-30-16-12-26-50(60)51-27-13-17-31-61(51)64)39-54(56)55-40-53-42(37-57(55)62)36-41-32-33-46(38-52(41)53)63(44-20-6-2-7-21-44)58-28-14-10-24-48(58)49-25-11-15-29-59(49)63/h1-35,37-40H,36H2. The van der Waals surface area contributed by atoms with Crippen LogP contribution >= 0.6 is 0 Å². The van der Waals surface area contributed by atoms with Gasteiger partial charge in [-0.3, -0.25) is 0 Å². The summed E-state index contributed by atoms with van der Waals surface area (Å²) in [6.07, 6.45) is 0.924. The van der Waals surface area contributed by atoms with Crippen molar-refractivity contribution in [2.45, 2.75) is 6.42 Å². The molecule has 0 unspecified atom stereocenters. The molecule has 14 rings (SSSR count). The molecule has 0 saturated heterocycles. The summed E-state index contributed by atoms with van der Waals surface area (Å²) in [5.74, 6) is 0. The van der Waals surface area contributed by atoms with Crippen LogP contribution in [0.4, 0.5) is 0 Å². The lowest BCUT2D eigenvalue weighted by Crippen LogP contribution is -2.72. The maximum atomic E-state index is 2.61. The zero-order chi connectivity index (χ0) is 42.0. The summed E-state index contributed by atoms with van der Waals surface area (Å²) in [7, 11) is -5.35. The first-order valence-electron chi connectivity index (χ1n) is 22.6. The van der Waals surface area contributed by atoms with E-state index in [1.165, 1.54) is 113 Å². The van der Waals surface area contributed by atoms with Crippen LogP contribution in [-0.4, -0.2) is 20.7 Å². The third-order valence-electron chi connectivity index (χ3n) is 15.0. The molecule has 3 heterocycles. The minimum Gasteiger partial charge on any atom is -0.309 e. The van der Waals surface area contributed by atoms with Gasteiger partial charge in [-0.05, 0) is 123 Å². The third-order valence-corrected chi connectivity index (χ3v) is 24.7. The quantitative estimate of drug-likeness (QED) is 0.153. The highest BCUT2D eigenvalue weighted by Gasteiger charge is 2.50. The Morgan fingerprint density at radius 1 is 0.281 bits per heavy atom. The minimum absolute atomic E-state index is 0.924. The van der Waals surface area contributed by atoms with E-state index in [-0.39, 0.29) is 0 Å². The summed E-state index contributed by atoms with van der Waals surface area (Å²) < 4.78 is 2.51. The SMILES string of the molecule is c1ccc(-n2c3ccc([Si]4(c5ccccc5)c5ccccc5-c5ccccc54)cc3c3cc4c(cc32)Cc2ccc([Si]3(c5ccccc5)c5ccccc5-c5ccccc53)cc2-4)cc1. The van der Waals surface area contributed by atoms with E-state index in [2.05, 4.69) is 241 Å². The van der Waals surface area contributed by atoms with Crippen LogP contribution in [-0.2, 0) is 6.42 Å². The summed E-state index contributed by atoms with van der Waals surface area (Å²) in [6, 6.07) is 90.8. The van der Waals surface area contributed by atoms with Gasteiger partial charge in [0.25, 0.3) is 0 Å². The van der Waals surface area contributed by atoms with Gasteiger partial charge in [0, 0.05) is 16.5 Å². The molecule has 0 atom stereocenters. The van der Waals surface area contributed by atoms with Crippen molar-refractivity contribution in [2.75, 3.05) is 0 Å². The Bertz CT molecular complexity index is 3610. The summed E-state index contributed by atoms with van der Waals surface area (Å²) in [5, 5.41) is 14.3. The van der Waals surface area contributed by atoms with Crippen LogP contribution in [0.2, 0.25) is 0 Å². The normalized spacial score (nSPS) is 14.4. The molecule has 1 aliphatic carbocycles. The molecule has 1 nitrogen and oxygen atoms in total. The van der Waals surface area contributed by atoms with Gasteiger partial charge in [-0.25, -0.2) is 0 Å². The van der Waals surface area contributed by atoms with E-state index in [1.54, 1.807) is 0 Å². The van der Waals surface area contributed by atoms with E-state index < -0.39 is 16.1 Å². The van der Waals surface area contributed by atoms with Crippen molar-refractivity contribution in [1.82, 2.24) is 4.57 Å². The Morgan fingerprint density at radius 3 is 1.23 bits per heavy atom. The number of rotatable bonds is 5. The zero-order valence-corrected chi connectivity index (χ0v) is 37.2.